The van der Waals surface area contributed by atoms with Crippen LogP contribution in [-0.4, -0.2) is 17.1 Å². The molecular formula is C26H23FN4OS. The van der Waals surface area contributed by atoms with Crippen LogP contribution in [0.1, 0.15) is 41.3 Å². The molecule has 3 aromatic carbocycles. The van der Waals surface area contributed by atoms with Crippen LogP contribution in [0.3, 0.4) is 0 Å². The van der Waals surface area contributed by atoms with E-state index in [2.05, 4.69) is 46.8 Å². The number of carbonyl (C=O) groups is 1. The van der Waals surface area contributed by atoms with E-state index in [1.54, 1.807) is 42.6 Å². The van der Waals surface area contributed by atoms with Crippen molar-refractivity contribution in [2.24, 2.45) is 5.10 Å². The molecule has 7 heteroatoms. The largest absolute Gasteiger partial charge is 0.312 e. The number of nitrogens with one attached hydrogen (secondary N) is 2. The number of nitrogens with zero attached hydrogens (tertiary/aromatic N) is 2. The SMILES string of the molecule is CC(C)c1ccc(/C=N/Nc2nc(-c3ccc(F)cc3)c(NC(=O)c3ccccc3)s2)cc1. The summed E-state index contributed by atoms with van der Waals surface area (Å²) >= 11 is 1.26. The lowest BCUT2D eigenvalue weighted by atomic mass is 10.0. The third-order valence-corrected chi connectivity index (χ3v) is 5.86. The van der Waals surface area contributed by atoms with Gasteiger partial charge in [0.05, 0.1) is 6.21 Å². The topological polar surface area (TPSA) is 66.4 Å². The van der Waals surface area contributed by atoms with E-state index in [1.807, 2.05) is 18.2 Å². The predicted octanol–water partition coefficient (Wildman–Crippen LogP) is 6.77. The zero-order valence-electron chi connectivity index (χ0n) is 18.2. The number of amides is 1. The first-order valence-corrected chi connectivity index (χ1v) is 11.3. The second kappa shape index (κ2) is 10.2. The molecule has 0 bridgehead atoms. The molecule has 4 rings (SSSR count). The molecule has 4 aromatic rings. The van der Waals surface area contributed by atoms with Gasteiger partial charge in [-0.15, -0.1) is 0 Å². The van der Waals surface area contributed by atoms with Gasteiger partial charge in [-0.2, -0.15) is 5.10 Å². The van der Waals surface area contributed by atoms with E-state index in [0.717, 1.165) is 5.56 Å². The molecule has 1 amide bonds. The summed E-state index contributed by atoms with van der Waals surface area (Å²) in [4.78, 5) is 17.3. The van der Waals surface area contributed by atoms with Crippen molar-refractivity contribution in [1.29, 1.82) is 0 Å². The minimum atomic E-state index is -0.338. The Morgan fingerprint density at radius 2 is 1.70 bits per heavy atom. The molecule has 0 atom stereocenters. The van der Waals surface area contributed by atoms with Gasteiger partial charge in [-0.1, -0.05) is 67.6 Å². The smallest absolute Gasteiger partial charge is 0.256 e. The normalized spacial score (nSPS) is 11.2. The second-order valence-electron chi connectivity index (χ2n) is 7.72. The molecule has 0 aliphatic rings. The van der Waals surface area contributed by atoms with Gasteiger partial charge >= 0.3 is 0 Å². The lowest BCUT2D eigenvalue weighted by molar-refractivity contribution is 0.102. The number of rotatable bonds is 7. The average Bonchev–Trinajstić information content (AvgIpc) is 3.22. The van der Waals surface area contributed by atoms with Crippen molar-refractivity contribution >= 4 is 33.6 Å². The number of aromatic nitrogens is 1. The van der Waals surface area contributed by atoms with Crippen molar-refractivity contribution in [3.8, 4) is 11.3 Å². The Morgan fingerprint density at radius 3 is 2.36 bits per heavy atom. The van der Waals surface area contributed by atoms with Crippen LogP contribution in [0.4, 0.5) is 14.5 Å². The van der Waals surface area contributed by atoms with Gasteiger partial charge < -0.3 is 5.32 Å². The molecular weight excluding hydrogens is 435 g/mol. The fourth-order valence-corrected chi connectivity index (χ4v) is 3.98. The summed E-state index contributed by atoms with van der Waals surface area (Å²) in [6.07, 6.45) is 1.71. The van der Waals surface area contributed by atoms with Gasteiger partial charge in [-0.05, 0) is 53.4 Å². The fraction of sp³-hybridized carbons (Fsp3) is 0.115. The molecule has 1 heterocycles. The summed E-state index contributed by atoms with van der Waals surface area (Å²) in [6, 6.07) is 23.1. The van der Waals surface area contributed by atoms with Crippen LogP contribution in [0.2, 0.25) is 0 Å². The molecule has 5 nitrogen and oxygen atoms in total. The third kappa shape index (κ3) is 5.70. The maximum absolute atomic E-state index is 13.4. The van der Waals surface area contributed by atoms with E-state index in [4.69, 9.17) is 0 Å². The number of benzene rings is 3. The van der Waals surface area contributed by atoms with E-state index < -0.39 is 0 Å². The Kier molecular flexibility index (Phi) is 6.90. The maximum Gasteiger partial charge on any atom is 0.256 e. The summed E-state index contributed by atoms with van der Waals surface area (Å²) in [7, 11) is 0. The molecule has 0 spiro atoms. The number of carbonyl (C=O) groups excluding carboxylic acids is 1. The molecule has 1 aromatic heterocycles. The first-order chi connectivity index (χ1) is 16.0. The van der Waals surface area contributed by atoms with Gasteiger partial charge in [0.2, 0.25) is 5.13 Å². The van der Waals surface area contributed by atoms with Crippen LogP contribution in [0.25, 0.3) is 11.3 Å². The van der Waals surface area contributed by atoms with Crippen molar-refractivity contribution in [3.05, 3.63) is 101 Å². The summed E-state index contributed by atoms with van der Waals surface area (Å²) < 4.78 is 13.4. The Morgan fingerprint density at radius 1 is 1.00 bits per heavy atom. The summed E-state index contributed by atoms with van der Waals surface area (Å²) in [5.41, 5.74) is 6.93. The molecule has 0 saturated heterocycles. The Balaban J connectivity index is 1.56. The standard InChI is InChI=1S/C26H23FN4OS/c1-17(2)19-10-8-18(9-11-19)16-28-31-26-29-23(20-12-14-22(27)15-13-20)25(33-26)30-24(32)21-6-4-3-5-7-21/h3-17H,1-2H3,(H,29,31)(H,30,32)/b28-16+. The van der Waals surface area contributed by atoms with Crippen molar-refractivity contribution in [3.63, 3.8) is 0 Å². The van der Waals surface area contributed by atoms with Gasteiger partial charge in [0.1, 0.15) is 16.5 Å². The van der Waals surface area contributed by atoms with Gasteiger partial charge in [0.15, 0.2) is 0 Å². The third-order valence-electron chi connectivity index (χ3n) is 4.98. The van der Waals surface area contributed by atoms with Gasteiger partial charge in [0.25, 0.3) is 5.91 Å². The minimum absolute atomic E-state index is 0.247. The first kappa shape index (κ1) is 22.4. The summed E-state index contributed by atoms with van der Waals surface area (Å²) in [5, 5.41) is 8.26. The lowest BCUT2D eigenvalue weighted by Crippen LogP contribution is -2.11. The van der Waals surface area contributed by atoms with E-state index in [-0.39, 0.29) is 11.7 Å². The zero-order chi connectivity index (χ0) is 23.2. The minimum Gasteiger partial charge on any atom is -0.312 e. The molecule has 166 valence electrons. The molecule has 0 aliphatic heterocycles. The molecule has 0 aliphatic carbocycles. The van der Waals surface area contributed by atoms with Crippen LogP contribution in [0.5, 0.6) is 0 Å². The van der Waals surface area contributed by atoms with Gasteiger partial charge in [-0.25, -0.2) is 9.37 Å². The Hall–Kier alpha value is -3.84. The lowest BCUT2D eigenvalue weighted by Gasteiger charge is -2.05. The van der Waals surface area contributed by atoms with E-state index in [9.17, 15) is 9.18 Å². The highest BCUT2D eigenvalue weighted by molar-refractivity contribution is 7.20. The number of halogens is 1. The second-order valence-corrected chi connectivity index (χ2v) is 8.71. The van der Waals surface area contributed by atoms with E-state index in [1.165, 1.54) is 29.0 Å². The Labute approximate surface area is 196 Å². The maximum atomic E-state index is 13.4. The number of hydrogen-bond acceptors (Lipinski definition) is 5. The van der Waals surface area contributed by atoms with Crippen molar-refractivity contribution in [2.45, 2.75) is 19.8 Å². The molecule has 2 N–H and O–H groups in total. The van der Waals surface area contributed by atoms with Crippen LogP contribution in [-0.2, 0) is 0 Å². The molecule has 33 heavy (non-hydrogen) atoms. The van der Waals surface area contributed by atoms with Crippen molar-refractivity contribution in [2.75, 3.05) is 10.7 Å². The highest BCUT2D eigenvalue weighted by atomic mass is 32.1. The van der Waals surface area contributed by atoms with Crippen LogP contribution in [0.15, 0.2) is 84.0 Å². The van der Waals surface area contributed by atoms with Gasteiger partial charge in [-0.3, -0.25) is 10.2 Å². The monoisotopic (exact) mass is 458 g/mol. The van der Waals surface area contributed by atoms with E-state index >= 15 is 0 Å². The van der Waals surface area contributed by atoms with Crippen LogP contribution in [0, 0.1) is 5.82 Å². The van der Waals surface area contributed by atoms with Crippen molar-refractivity contribution in [1.82, 2.24) is 4.98 Å². The fourth-order valence-electron chi connectivity index (χ4n) is 3.15. The highest BCUT2D eigenvalue weighted by Crippen LogP contribution is 2.36. The van der Waals surface area contributed by atoms with Crippen LogP contribution < -0.4 is 10.7 Å². The molecule has 0 saturated carbocycles. The first-order valence-electron chi connectivity index (χ1n) is 10.5. The summed E-state index contributed by atoms with van der Waals surface area (Å²) in [5.74, 6) is -0.114. The molecule has 0 radical (unpaired) electrons. The Bertz CT molecular complexity index is 1250. The van der Waals surface area contributed by atoms with E-state index in [0.29, 0.717) is 32.9 Å². The van der Waals surface area contributed by atoms with Crippen LogP contribution >= 0.6 is 11.3 Å². The number of thiazole rings is 1. The number of anilines is 2. The summed E-state index contributed by atoms with van der Waals surface area (Å²) in [6.45, 7) is 4.31. The predicted molar refractivity (Wildman–Crippen MR) is 134 cm³/mol. The molecule has 0 fully saturated rings. The highest BCUT2D eigenvalue weighted by Gasteiger charge is 2.16. The number of hydrogen-bond donors (Lipinski definition) is 2. The number of hydrazone groups is 1. The average molecular weight is 459 g/mol. The molecule has 0 unspecified atom stereocenters. The van der Waals surface area contributed by atoms with Gasteiger partial charge in [0, 0.05) is 11.1 Å². The zero-order valence-corrected chi connectivity index (χ0v) is 19.1. The quantitative estimate of drug-likeness (QED) is 0.237. The van der Waals surface area contributed by atoms with Crippen molar-refractivity contribution < 1.29 is 9.18 Å².